The number of aryl methyl sites for hydroxylation is 1. The normalized spacial score (nSPS) is 19.7. The lowest BCUT2D eigenvalue weighted by Gasteiger charge is -2.54. The summed E-state index contributed by atoms with van der Waals surface area (Å²) in [6.45, 7) is 13.9. The topological polar surface area (TPSA) is 46.2 Å². The van der Waals surface area contributed by atoms with Gasteiger partial charge in [-0.05, 0) is 34.2 Å². The quantitative estimate of drug-likeness (QED) is 0.158. The summed E-state index contributed by atoms with van der Waals surface area (Å²) in [7, 11) is 0. The van der Waals surface area contributed by atoms with E-state index in [9.17, 15) is 0 Å². The second kappa shape index (κ2) is 10.7. The van der Waals surface area contributed by atoms with Crippen molar-refractivity contribution < 1.29 is 23.7 Å². The zero-order chi connectivity index (χ0) is 30.8. The number of rotatable bonds is 9. The van der Waals surface area contributed by atoms with Gasteiger partial charge in [0.25, 0.3) is 0 Å². The van der Waals surface area contributed by atoms with E-state index in [2.05, 4.69) is 107 Å². The van der Waals surface area contributed by atoms with Crippen molar-refractivity contribution in [3.05, 3.63) is 84.4 Å². The second-order valence-electron chi connectivity index (χ2n) is 14.5. The van der Waals surface area contributed by atoms with Gasteiger partial charge in [0.1, 0.15) is 17.6 Å². The molecule has 0 radical (unpaired) electrons. The minimum Gasteiger partial charge on any atom is -0.492 e. The maximum Gasteiger partial charge on any atom is 0.135 e. The maximum atomic E-state index is 7.42. The van der Waals surface area contributed by atoms with Gasteiger partial charge in [0, 0.05) is 32.7 Å². The van der Waals surface area contributed by atoms with Gasteiger partial charge < -0.3 is 23.7 Å². The van der Waals surface area contributed by atoms with Gasteiger partial charge in [-0.3, -0.25) is 0 Å². The first-order valence-corrected chi connectivity index (χ1v) is 16.3. The minimum absolute atomic E-state index is 0.0342. The van der Waals surface area contributed by atoms with Crippen LogP contribution in [-0.4, -0.2) is 52.4 Å². The summed E-state index contributed by atoms with van der Waals surface area (Å²) >= 11 is 0. The number of benzene rings is 5. The smallest absolute Gasteiger partial charge is 0.135 e. The standard InChI is InChI=1S/C40H42O5/c1-5-26-14-16-31-33(18-26)34(29-12-8-9-13-30(29)35(31)44-21-38(2)19-41-20-38)32-17-15-27-10-6-7-11-28(27)36(32)45-37(39(3)22-42-23-39)40(4)24-43-25-40/h6-18,37H,5,19-25H2,1-4H3. The highest BCUT2D eigenvalue weighted by Crippen LogP contribution is 2.51. The largest absolute Gasteiger partial charge is 0.492 e. The Kier molecular flexibility index (Phi) is 6.86. The van der Waals surface area contributed by atoms with Gasteiger partial charge in [-0.25, -0.2) is 0 Å². The highest BCUT2D eigenvalue weighted by atomic mass is 16.5. The van der Waals surface area contributed by atoms with E-state index in [4.69, 9.17) is 23.7 Å². The molecule has 0 amide bonds. The van der Waals surface area contributed by atoms with Crippen LogP contribution in [-0.2, 0) is 20.6 Å². The third kappa shape index (κ3) is 4.70. The lowest BCUT2D eigenvalue weighted by Crippen LogP contribution is -2.63. The first-order valence-electron chi connectivity index (χ1n) is 16.3. The molecule has 8 rings (SSSR count). The minimum atomic E-state index is -0.0920. The van der Waals surface area contributed by atoms with E-state index >= 15 is 0 Å². The fraction of sp³-hybridized carbons (Fsp3) is 0.400. The molecule has 45 heavy (non-hydrogen) atoms. The summed E-state index contributed by atoms with van der Waals surface area (Å²) < 4.78 is 31.3. The Hall–Kier alpha value is -3.64. The molecule has 0 aromatic heterocycles. The fourth-order valence-corrected chi connectivity index (χ4v) is 7.59. The van der Waals surface area contributed by atoms with Crippen molar-refractivity contribution in [3.63, 3.8) is 0 Å². The molecule has 0 atom stereocenters. The van der Waals surface area contributed by atoms with E-state index in [0.717, 1.165) is 58.2 Å². The van der Waals surface area contributed by atoms with Crippen molar-refractivity contribution in [1.82, 2.24) is 0 Å². The Morgan fingerprint density at radius 2 is 1.27 bits per heavy atom. The Morgan fingerprint density at radius 1 is 0.644 bits per heavy atom. The van der Waals surface area contributed by atoms with Crippen LogP contribution in [0.3, 0.4) is 0 Å². The SMILES string of the molecule is CCc1ccc2c(OCC3(C)COC3)c3ccccc3c(-c3ccc4ccccc4c3OC(C3(C)COC3)C3(C)COC3)c2c1. The molecular weight excluding hydrogens is 560 g/mol. The van der Waals surface area contributed by atoms with Crippen LogP contribution < -0.4 is 9.47 Å². The van der Waals surface area contributed by atoms with Gasteiger partial charge in [-0.15, -0.1) is 0 Å². The predicted molar refractivity (Wildman–Crippen MR) is 180 cm³/mol. The fourth-order valence-electron chi connectivity index (χ4n) is 7.59. The van der Waals surface area contributed by atoms with Gasteiger partial charge in [0.15, 0.2) is 0 Å². The molecule has 5 heteroatoms. The molecule has 3 saturated heterocycles. The lowest BCUT2D eigenvalue weighted by atomic mass is 9.67. The van der Waals surface area contributed by atoms with E-state index in [0.29, 0.717) is 33.0 Å². The maximum absolute atomic E-state index is 7.42. The summed E-state index contributed by atoms with van der Waals surface area (Å²) in [5.41, 5.74) is 3.43. The van der Waals surface area contributed by atoms with Crippen LogP contribution in [0, 0.1) is 16.2 Å². The average molecular weight is 603 g/mol. The molecule has 0 bridgehead atoms. The lowest BCUT2D eigenvalue weighted by molar-refractivity contribution is -0.236. The Bertz CT molecular complexity index is 1890. The Labute approximate surface area is 265 Å². The Balaban J connectivity index is 1.39. The molecule has 3 fully saturated rings. The van der Waals surface area contributed by atoms with Crippen molar-refractivity contribution in [1.29, 1.82) is 0 Å². The van der Waals surface area contributed by atoms with Crippen LogP contribution in [0.25, 0.3) is 43.4 Å². The van der Waals surface area contributed by atoms with Gasteiger partial charge in [-0.2, -0.15) is 0 Å². The second-order valence-corrected chi connectivity index (χ2v) is 14.5. The number of hydrogen-bond donors (Lipinski definition) is 0. The van der Waals surface area contributed by atoms with Crippen LogP contribution in [0.1, 0.15) is 33.3 Å². The zero-order valence-corrected chi connectivity index (χ0v) is 26.8. The van der Waals surface area contributed by atoms with Gasteiger partial charge in [-0.1, -0.05) is 100 Å². The summed E-state index contributed by atoms with van der Waals surface area (Å²) in [5.74, 6) is 1.88. The first-order chi connectivity index (χ1) is 21.8. The third-order valence-corrected chi connectivity index (χ3v) is 10.3. The van der Waals surface area contributed by atoms with Crippen LogP contribution in [0.2, 0.25) is 0 Å². The Morgan fingerprint density at radius 3 is 1.89 bits per heavy atom. The number of fused-ring (bicyclic) bond motifs is 3. The third-order valence-electron chi connectivity index (χ3n) is 10.3. The van der Waals surface area contributed by atoms with Crippen LogP contribution in [0.5, 0.6) is 11.5 Å². The summed E-state index contributed by atoms with van der Waals surface area (Å²) in [4.78, 5) is 0. The molecule has 0 unspecified atom stereocenters. The van der Waals surface area contributed by atoms with E-state index < -0.39 is 0 Å². The summed E-state index contributed by atoms with van der Waals surface area (Å²) in [5, 5.41) is 6.87. The van der Waals surface area contributed by atoms with E-state index in [1.54, 1.807) is 0 Å². The average Bonchev–Trinajstić information content (AvgIpc) is 3.02. The van der Waals surface area contributed by atoms with Crippen molar-refractivity contribution in [2.45, 2.75) is 40.2 Å². The molecule has 232 valence electrons. The van der Waals surface area contributed by atoms with E-state index in [1.807, 2.05) is 0 Å². The molecule has 5 nitrogen and oxygen atoms in total. The molecule has 3 aliphatic heterocycles. The van der Waals surface area contributed by atoms with Crippen molar-refractivity contribution in [3.8, 4) is 22.6 Å². The highest BCUT2D eigenvalue weighted by Gasteiger charge is 2.55. The van der Waals surface area contributed by atoms with Gasteiger partial charge >= 0.3 is 0 Å². The van der Waals surface area contributed by atoms with Crippen LogP contribution in [0.4, 0.5) is 0 Å². The molecule has 3 aliphatic rings. The highest BCUT2D eigenvalue weighted by molar-refractivity contribution is 6.18. The predicted octanol–water partition coefficient (Wildman–Crippen LogP) is 8.61. The van der Waals surface area contributed by atoms with Crippen LogP contribution in [0.15, 0.2) is 78.9 Å². The van der Waals surface area contributed by atoms with Crippen molar-refractivity contribution in [2.24, 2.45) is 16.2 Å². The molecule has 0 spiro atoms. The van der Waals surface area contributed by atoms with Crippen molar-refractivity contribution >= 4 is 32.3 Å². The molecule has 5 aromatic carbocycles. The van der Waals surface area contributed by atoms with Crippen LogP contribution >= 0.6 is 0 Å². The zero-order valence-electron chi connectivity index (χ0n) is 26.8. The molecule has 0 N–H and O–H groups in total. The van der Waals surface area contributed by atoms with Gasteiger partial charge in [0.05, 0.1) is 57.1 Å². The van der Waals surface area contributed by atoms with E-state index in [1.165, 1.54) is 21.9 Å². The number of ether oxygens (including phenoxy) is 5. The molecule has 3 heterocycles. The summed E-state index contributed by atoms with van der Waals surface area (Å²) in [6, 6.07) is 28.6. The van der Waals surface area contributed by atoms with E-state index in [-0.39, 0.29) is 22.3 Å². The first kappa shape index (κ1) is 28.8. The summed E-state index contributed by atoms with van der Waals surface area (Å²) in [6.07, 6.45) is 0.891. The molecule has 0 aliphatic carbocycles. The molecule has 5 aromatic rings. The molecular formula is C40H42O5. The monoisotopic (exact) mass is 602 g/mol. The number of hydrogen-bond acceptors (Lipinski definition) is 5. The molecule has 0 saturated carbocycles. The van der Waals surface area contributed by atoms with Gasteiger partial charge in [0.2, 0.25) is 0 Å². The van der Waals surface area contributed by atoms with Crippen molar-refractivity contribution in [2.75, 3.05) is 46.2 Å².